The van der Waals surface area contributed by atoms with Gasteiger partial charge in [0.1, 0.15) is 5.82 Å². The molecule has 2 N–H and O–H groups in total. The van der Waals surface area contributed by atoms with Crippen molar-refractivity contribution in [1.29, 1.82) is 0 Å². The summed E-state index contributed by atoms with van der Waals surface area (Å²) >= 11 is 1.66. The molecule has 2 aromatic rings. The molecule has 5 nitrogen and oxygen atoms in total. The van der Waals surface area contributed by atoms with Crippen molar-refractivity contribution in [3.8, 4) is 0 Å². The normalized spacial score (nSPS) is 19.0. The third kappa shape index (κ3) is 3.64. The zero-order chi connectivity index (χ0) is 16.4. The molecule has 1 aliphatic heterocycles. The summed E-state index contributed by atoms with van der Waals surface area (Å²) < 4.78 is 0. The number of nitrogens with one attached hydrogen (secondary N) is 2. The molecule has 0 spiro atoms. The Hall–Kier alpha value is -1.66. The fourth-order valence-electron chi connectivity index (χ4n) is 3.15. The predicted molar refractivity (Wildman–Crippen MR) is 94.2 cm³/mol. The van der Waals surface area contributed by atoms with E-state index in [0.29, 0.717) is 12.5 Å². The molecule has 23 heavy (non-hydrogen) atoms. The number of amides is 1. The van der Waals surface area contributed by atoms with Gasteiger partial charge in [0, 0.05) is 29.7 Å². The number of carbonyl (C=O) groups excluding carboxylic acids is 1. The summed E-state index contributed by atoms with van der Waals surface area (Å²) in [5, 5.41) is 4.07. The lowest BCUT2D eigenvalue weighted by atomic mass is 9.97. The lowest BCUT2D eigenvalue weighted by molar-refractivity contribution is -0.117. The number of hydrogen-bond donors (Lipinski definition) is 2. The summed E-state index contributed by atoms with van der Waals surface area (Å²) in [6.07, 6.45) is 5.90. The van der Waals surface area contributed by atoms with E-state index in [1.165, 1.54) is 16.0 Å². The first-order chi connectivity index (χ1) is 11.0. The summed E-state index contributed by atoms with van der Waals surface area (Å²) in [5.41, 5.74) is 2.47. The second-order valence-electron chi connectivity index (χ2n) is 6.33. The minimum atomic E-state index is 0.0782. The number of nitrogens with zero attached hydrogens (tertiary/aromatic N) is 2. The fourth-order valence-corrected chi connectivity index (χ4v) is 4.24. The van der Waals surface area contributed by atoms with Crippen LogP contribution in [0.3, 0.4) is 0 Å². The van der Waals surface area contributed by atoms with Gasteiger partial charge in [-0.3, -0.25) is 9.69 Å². The molecule has 3 heterocycles. The van der Waals surface area contributed by atoms with Crippen LogP contribution >= 0.6 is 11.3 Å². The van der Waals surface area contributed by atoms with E-state index in [0.717, 1.165) is 36.8 Å². The molecular weight excluding hydrogens is 308 g/mol. The first-order valence-corrected chi connectivity index (χ1v) is 8.94. The predicted octanol–water partition coefficient (Wildman–Crippen LogP) is 3.21. The van der Waals surface area contributed by atoms with Gasteiger partial charge >= 0.3 is 0 Å². The first-order valence-electron chi connectivity index (χ1n) is 8.12. The van der Waals surface area contributed by atoms with Gasteiger partial charge in [-0.2, -0.15) is 0 Å². The van der Waals surface area contributed by atoms with E-state index in [1.54, 1.807) is 17.5 Å². The van der Waals surface area contributed by atoms with E-state index < -0.39 is 0 Å². The summed E-state index contributed by atoms with van der Waals surface area (Å²) in [6.45, 7) is 8.60. The third-order valence-electron chi connectivity index (χ3n) is 4.72. The Kier molecular flexibility index (Phi) is 4.82. The number of carbonyl (C=O) groups is 1. The number of likely N-dealkylation sites (tertiary alicyclic amines) is 1. The van der Waals surface area contributed by atoms with Gasteiger partial charge in [0.15, 0.2) is 0 Å². The van der Waals surface area contributed by atoms with Crippen molar-refractivity contribution in [2.45, 2.75) is 39.5 Å². The molecule has 0 radical (unpaired) electrons. The van der Waals surface area contributed by atoms with Gasteiger partial charge in [-0.05, 0) is 51.3 Å². The lowest BCUT2D eigenvalue weighted by Crippen LogP contribution is -2.40. The van der Waals surface area contributed by atoms with Crippen molar-refractivity contribution in [1.82, 2.24) is 14.9 Å². The molecule has 1 fully saturated rings. The van der Waals surface area contributed by atoms with Gasteiger partial charge in [0.25, 0.3) is 0 Å². The van der Waals surface area contributed by atoms with Crippen LogP contribution in [-0.2, 0) is 4.79 Å². The molecular formula is C17H24N4OS. The van der Waals surface area contributed by atoms with Gasteiger partial charge in [-0.15, -0.1) is 11.3 Å². The molecule has 1 amide bonds. The Balaban J connectivity index is 1.58. The number of aromatic nitrogens is 2. The standard InChI is InChI=1S/C17H24N4OS/c1-11-12(2)17(23-13(11)3)20-15(22)10-21-8-4-5-14(9-21)16-18-6-7-19-16/h6-7,14H,4-5,8-10H2,1-3H3,(H,18,19)(H,20,22)/t14-/m0/s1. The largest absolute Gasteiger partial charge is 0.348 e. The van der Waals surface area contributed by atoms with E-state index in [1.807, 2.05) is 6.20 Å². The highest BCUT2D eigenvalue weighted by Gasteiger charge is 2.24. The smallest absolute Gasteiger partial charge is 0.239 e. The number of thiophene rings is 1. The molecule has 2 aromatic heterocycles. The molecule has 1 atom stereocenters. The Morgan fingerprint density at radius 1 is 1.43 bits per heavy atom. The second-order valence-corrected chi connectivity index (χ2v) is 7.56. The van der Waals surface area contributed by atoms with Gasteiger partial charge < -0.3 is 10.3 Å². The molecule has 0 aliphatic carbocycles. The molecule has 1 saturated heterocycles. The Labute approximate surface area is 141 Å². The molecule has 0 bridgehead atoms. The minimum absolute atomic E-state index is 0.0782. The molecule has 0 aromatic carbocycles. The van der Waals surface area contributed by atoms with Gasteiger partial charge in [0.05, 0.1) is 11.5 Å². The van der Waals surface area contributed by atoms with Crippen molar-refractivity contribution >= 4 is 22.2 Å². The second kappa shape index (κ2) is 6.84. The monoisotopic (exact) mass is 332 g/mol. The van der Waals surface area contributed by atoms with E-state index in [-0.39, 0.29) is 5.91 Å². The van der Waals surface area contributed by atoms with Crippen LogP contribution in [0.5, 0.6) is 0 Å². The molecule has 0 saturated carbocycles. The van der Waals surface area contributed by atoms with Crippen LogP contribution in [0.1, 0.15) is 40.6 Å². The highest BCUT2D eigenvalue weighted by Crippen LogP contribution is 2.31. The van der Waals surface area contributed by atoms with Crippen molar-refractivity contribution in [2.75, 3.05) is 25.0 Å². The lowest BCUT2D eigenvalue weighted by Gasteiger charge is -2.31. The van der Waals surface area contributed by atoms with E-state index in [2.05, 4.69) is 41.0 Å². The number of hydrogen-bond acceptors (Lipinski definition) is 4. The number of H-pyrrole nitrogens is 1. The van der Waals surface area contributed by atoms with Crippen LogP contribution in [0.2, 0.25) is 0 Å². The number of anilines is 1. The van der Waals surface area contributed by atoms with Crippen LogP contribution in [0.25, 0.3) is 0 Å². The van der Waals surface area contributed by atoms with Gasteiger partial charge in [-0.25, -0.2) is 4.98 Å². The van der Waals surface area contributed by atoms with E-state index >= 15 is 0 Å². The Morgan fingerprint density at radius 2 is 2.26 bits per heavy atom. The topological polar surface area (TPSA) is 61.0 Å². The SMILES string of the molecule is Cc1sc(NC(=O)CN2CCC[C@H](c3ncc[nH]3)C2)c(C)c1C. The quantitative estimate of drug-likeness (QED) is 0.904. The van der Waals surface area contributed by atoms with Crippen LogP contribution in [0, 0.1) is 20.8 Å². The average Bonchev–Trinajstić information content (AvgIpc) is 3.14. The highest BCUT2D eigenvalue weighted by atomic mass is 32.1. The minimum Gasteiger partial charge on any atom is -0.348 e. The van der Waals surface area contributed by atoms with Crippen molar-refractivity contribution in [3.05, 3.63) is 34.2 Å². The summed E-state index contributed by atoms with van der Waals surface area (Å²) in [6, 6.07) is 0. The number of aromatic amines is 1. The average molecular weight is 332 g/mol. The molecule has 124 valence electrons. The summed E-state index contributed by atoms with van der Waals surface area (Å²) in [7, 11) is 0. The fraction of sp³-hybridized carbons (Fsp3) is 0.529. The van der Waals surface area contributed by atoms with Gasteiger partial charge in [-0.1, -0.05) is 0 Å². The van der Waals surface area contributed by atoms with Gasteiger partial charge in [0.2, 0.25) is 5.91 Å². The van der Waals surface area contributed by atoms with Crippen molar-refractivity contribution in [2.24, 2.45) is 0 Å². The maximum atomic E-state index is 12.4. The first kappa shape index (κ1) is 16.2. The summed E-state index contributed by atoms with van der Waals surface area (Å²) in [5.74, 6) is 1.52. The number of piperidine rings is 1. The zero-order valence-corrected chi connectivity index (χ0v) is 14.8. The molecule has 3 rings (SSSR count). The van der Waals surface area contributed by atoms with Crippen LogP contribution < -0.4 is 5.32 Å². The number of aryl methyl sites for hydroxylation is 1. The van der Waals surface area contributed by atoms with E-state index in [4.69, 9.17) is 0 Å². The van der Waals surface area contributed by atoms with Crippen LogP contribution in [0.15, 0.2) is 12.4 Å². The van der Waals surface area contributed by atoms with Crippen molar-refractivity contribution < 1.29 is 4.79 Å². The van der Waals surface area contributed by atoms with Crippen molar-refractivity contribution in [3.63, 3.8) is 0 Å². The number of imidazole rings is 1. The maximum Gasteiger partial charge on any atom is 0.239 e. The summed E-state index contributed by atoms with van der Waals surface area (Å²) in [4.78, 5) is 23.4. The molecule has 0 unspecified atom stereocenters. The molecule has 1 aliphatic rings. The number of rotatable bonds is 4. The highest BCUT2D eigenvalue weighted by molar-refractivity contribution is 7.16. The van der Waals surface area contributed by atoms with E-state index in [9.17, 15) is 4.79 Å². The van der Waals surface area contributed by atoms with Crippen LogP contribution in [-0.4, -0.2) is 40.4 Å². The Morgan fingerprint density at radius 3 is 2.91 bits per heavy atom. The zero-order valence-electron chi connectivity index (χ0n) is 14.0. The van der Waals surface area contributed by atoms with Crippen LogP contribution in [0.4, 0.5) is 5.00 Å². The third-order valence-corrected chi connectivity index (χ3v) is 5.94. The Bertz CT molecular complexity index is 677. The molecule has 6 heteroatoms. The maximum absolute atomic E-state index is 12.4.